The van der Waals surface area contributed by atoms with E-state index in [1.807, 2.05) is 54.8 Å². The van der Waals surface area contributed by atoms with Crippen molar-refractivity contribution in [1.29, 1.82) is 0 Å². The highest BCUT2D eigenvalue weighted by Gasteiger charge is 2.01. The van der Waals surface area contributed by atoms with E-state index in [1.165, 1.54) is 11.0 Å². The number of hydrogen-bond donors (Lipinski definition) is 2. The molecule has 0 aliphatic carbocycles. The summed E-state index contributed by atoms with van der Waals surface area (Å²) >= 11 is 1.69. The number of aliphatic hydroxyl groups excluding tert-OH is 1. The first kappa shape index (κ1) is 16.3. The third kappa shape index (κ3) is 4.76. The topological polar surface area (TPSA) is 49.3 Å². The van der Waals surface area contributed by atoms with Gasteiger partial charge in [-0.1, -0.05) is 36.4 Å². The van der Waals surface area contributed by atoms with Crippen LogP contribution in [0.1, 0.15) is 16.7 Å². The van der Waals surface area contributed by atoms with Gasteiger partial charge in [-0.3, -0.25) is 4.79 Å². The molecule has 4 heteroatoms. The van der Waals surface area contributed by atoms with Crippen LogP contribution in [0.4, 0.5) is 0 Å². The Morgan fingerprint density at radius 3 is 2.45 bits per heavy atom. The zero-order valence-corrected chi connectivity index (χ0v) is 13.3. The molecule has 0 aliphatic heterocycles. The standard InChI is InChI=1S/C18H19NO2S/c1-22-17-9-6-14(7-10-17)8-11-18(21)19-12-15-4-2-3-5-16(15)13-20/h2-11,20H,12-13H2,1H3,(H,19,21)/b11-8+. The SMILES string of the molecule is CSc1ccc(/C=C/C(=O)NCc2ccccc2CO)cc1. The van der Waals surface area contributed by atoms with Crippen molar-refractivity contribution in [1.82, 2.24) is 5.32 Å². The fraction of sp³-hybridized carbons (Fsp3) is 0.167. The van der Waals surface area contributed by atoms with E-state index in [9.17, 15) is 9.90 Å². The summed E-state index contributed by atoms with van der Waals surface area (Å²) in [7, 11) is 0. The lowest BCUT2D eigenvalue weighted by atomic mass is 10.1. The molecule has 1 amide bonds. The molecule has 0 saturated carbocycles. The van der Waals surface area contributed by atoms with Crippen LogP contribution in [0, 0.1) is 0 Å². The van der Waals surface area contributed by atoms with Gasteiger partial charge in [0.05, 0.1) is 6.61 Å². The lowest BCUT2D eigenvalue weighted by Gasteiger charge is -2.07. The minimum Gasteiger partial charge on any atom is -0.392 e. The maximum Gasteiger partial charge on any atom is 0.244 e. The van der Waals surface area contributed by atoms with E-state index in [0.29, 0.717) is 6.54 Å². The molecule has 2 N–H and O–H groups in total. The van der Waals surface area contributed by atoms with Gasteiger partial charge in [0.1, 0.15) is 0 Å². The molecule has 22 heavy (non-hydrogen) atoms. The highest BCUT2D eigenvalue weighted by Crippen LogP contribution is 2.15. The minimum atomic E-state index is -0.151. The van der Waals surface area contributed by atoms with Crippen LogP contribution in [0.15, 0.2) is 59.5 Å². The number of hydrogen-bond acceptors (Lipinski definition) is 3. The fourth-order valence-corrected chi connectivity index (χ4v) is 2.42. The maximum absolute atomic E-state index is 11.8. The van der Waals surface area contributed by atoms with Crippen LogP contribution in [0.5, 0.6) is 0 Å². The number of benzene rings is 2. The number of aliphatic hydroxyl groups is 1. The number of thioether (sulfide) groups is 1. The quantitative estimate of drug-likeness (QED) is 0.636. The average molecular weight is 313 g/mol. The summed E-state index contributed by atoms with van der Waals surface area (Å²) in [6.45, 7) is 0.384. The van der Waals surface area contributed by atoms with Crippen LogP contribution < -0.4 is 5.32 Å². The van der Waals surface area contributed by atoms with Crippen LogP contribution in [-0.2, 0) is 17.9 Å². The second kappa shape index (κ2) is 8.41. The Balaban J connectivity index is 1.90. The highest BCUT2D eigenvalue weighted by molar-refractivity contribution is 7.98. The molecule has 2 aromatic rings. The Morgan fingerprint density at radius 1 is 1.14 bits per heavy atom. The lowest BCUT2D eigenvalue weighted by molar-refractivity contribution is -0.116. The van der Waals surface area contributed by atoms with Gasteiger partial charge in [-0.15, -0.1) is 11.8 Å². The van der Waals surface area contributed by atoms with E-state index in [4.69, 9.17) is 0 Å². The average Bonchev–Trinajstić information content (AvgIpc) is 2.58. The molecule has 0 saturated heterocycles. The molecule has 114 valence electrons. The van der Waals surface area contributed by atoms with Crippen molar-refractivity contribution in [2.75, 3.05) is 6.26 Å². The summed E-state index contributed by atoms with van der Waals surface area (Å²) < 4.78 is 0. The van der Waals surface area contributed by atoms with Gasteiger partial charge in [0.2, 0.25) is 5.91 Å². The summed E-state index contributed by atoms with van der Waals surface area (Å²) in [6, 6.07) is 15.5. The molecule has 0 bridgehead atoms. The van der Waals surface area contributed by atoms with Crippen molar-refractivity contribution in [3.8, 4) is 0 Å². The van der Waals surface area contributed by atoms with Crippen molar-refractivity contribution in [3.05, 3.63) is 71.3 Å². The van der Waals surface area contributed by atoms with Crippen LogP contribution in [0.3, 0.4) is 0 Å². The predicted molar refractivity (Wildman–Crippen MR) is 91.5 cm³/mol. The molecule has 0 spiro atoms. The molecule has 0 atom stereocenters. The summed E-state index contributed by atoms with van der Waals surface area (Å²) in [4.78, 5) is 13.0. The molecule has 0 aliphatic rings. The maximum atomic E-state index is 11.8. The number of nitrogens with one attached hydrogen (secondary N) is 1. The molecule has 2 aromatic carbocycles. The Labute approximate surface area is 135 Å². The first-order valence-corrected chi connectivity index (χ1v) is 8.23. The molecule has 0 unspecified atom stereocenters. The van der Waals surface area contributed by atoms with E-state index in [0.717, 1.165) is 16.7 Å². The van der Waals surface area contributed by atoms with Gasteiger partial charge in [-0.25, -0.2) is 0 Å². The van der Waals surface area contributed by atoms with E-state index < -0.39 is 0 Å². The smallest absolute Gasteiger partial charge is 0.244 e. The monoisotopic (exact) mass is 313 g/mol. The first-order valence-electron chi connectivity index (χ1n) is 7.00. The van der Waals surface area contributed by atoms with Crippen LogP contribution in [-0.4, -0.2) is 17.3 Å². The predicted octanol–water partition coefficient (Wildman–Crippen LogP) is 3.23. The van der Waals surface area contributed by atoms with Crippen molar-refractivity contribution in [2.24, 2.45) is 0 Å². The first-order chi connectivity index (χ1) is 10.7. The second-order valence-corrected chi connectivity index (χ2v) is 5.63. The zero-order valence-electron chi connectivity index (χ0n) is 12.5. The van der Waals surface area contributed by atoms with Crippen molar-refractivity contribution < 1.29 is 9.90 Å². The van der Waals surface area contributed by atoms with E-state index >= 15 is 0 Å². The van der Waals surface area contributed by atoms with Crippen LogP contribution in [0.25, 0.3) is 6.08 Å². The number of rotatable bonds is 6. The Kier molecular flexibility index (Phi) is 6.25. The van der Waals surface area contributed by atoms with E-state index in [1.54, 1.807) is 17.8 Å². The Bertz CT molecular complexity index is 650. The molecule has 0 radical (unpaired) electrons. The summed E-state index contributed by atoms with van der Waals surface area (Å²) in [5, 5.41) is 12.1. The fourth-order valence-electron chi connectivity index (χ4n) is 2.01. The molecule has 3 nitrogen and oxygen atoms in total. The Morgan fingerprint density at radius 2 is 1.82 bits per heavy atom. The molecular formula is C18H19NO2S. The van der Waals surface area contributed by atoms with Crippen molar-refractivity contribution in [2.45, 2.75) is 18.0 Å². The lowest BCUT2D eigenvalue weighted by Crippen LogP contribution is -2.21. The largest absolute Gasteiger partial charge is 0.392 e. The van der Waals surface area contributed by atoms with Gasteiger partial charge in [0.15, 0.2) is 0 Å². The number of carbonyl (C=O) groups excluding carboxylic acids is 1. The third-order valence-electron chi connectivity index (χ3n) is 3.28. The van der Waals surface area contributed by atoms with Gasteiger partial charge in [0.25, 0.3) is 0 Å². The zero-order chi connectivity index (χ0) is 15.8. The number of amides is 1. The van der Waals surface area contributed by atoms with E-state index in [2.05, 4.69) is 5.32 Å². The van der Waals surface area contributed by atoms with Gasteiger partial charge < -0.3 is 10.4 Å². The second-order valence-electron chi connectivity index (χ2n) is 4.75. The molecule has 0 heterocycles. The van der Waals surface area contributed by atoms with Crippen molar-refractivity contribution in [3.63, 3.8) is 0 Å². The van der Waals surface area contributed by atoms with Gasteiger partial charge in [-0.2, -0.15) is 0 Å². The molecule has 0 aromatic heterocycles. The summed E-state index contributed by atoms with van der Waals surface area (Å²) in [6.07, 6.45) is 5.34. The van der Waals surface area contributed by atoms with Crippen molar-refractivity contribution >= 4 is 23.7 Å². The summed E-state index contributed by atoms with van der Waals surface area (Å²) in [5.41, 5.74) is 2.75. The van der Waals surface area contributed by atoms with Gasteiger partial charge in [-0.05, 0) is 41.2 Å². The van der Waals surface area contributed by atoms with Crippen LogP contribution >= 0.6 is 11.8 Å². The number of carbonyl (C=O) groups is 1. The summed E-state index contributed by atoms with van der Waals surface area (Å²) in [5.74, 6) is -0.151. The third-order valence-corrected chi connectivity index (χ3v) is 4.03. The minimum absolute atomic E-state index is 0.0241. The Hall–Kier alpha value is -2.04. The normalized spacial score (nSPS) is 10.8. The molecule has 0 fully saturated rings. The van der Waals surface area contributed by atoms with Crippen LogP contribution in [0.2, 0.25) is 0 Å². The van der Waals surface area contributed by atoms with E-state index in [-0.39, 0.29) is 12.5 Å². The molecular weight excluding hydrogens is 294 g/mol. The van der Waals surface area contributed by atoms with Gasteiger partial charge in [0, 0.05) is 17.5 Å². The van der Waals surface area contributed by atoms with Gasteiger partial charge >= 0.3 is 0 Å². The highest BCUT2D eigenvalue weighted by atomic mass is 32.2. The molecule has 2 rings (SSSR count).